The van der Waals surface area contributed by atoms with Crippen LogP contribution >= 0.6 is 0 Å². The number of ether oxygens (including phenoxy) is 4. The third-order valence-electron chi connectivity index (χ3n) is 7.55. The first-order chi connectivity index (χ1) is 16.8. The van der Waals surface area contributed by atoms with Gasteiger partial charge in [0.1, 0.15) is 18.3 Å². The molecule has 10 heteroatoms. The predicted octanol–water partition coefficient (Wildman–Crippen LogP) is 1.54. The first-order valence-electron chi connectivity index (χ1n) is 11.9. The lowest BCUT2D eigenvalue weighted by Gasteiger charge is -2.53. The summed E-state index contributed by atoms with van der Waals surface area (Å²) in [7, 11) is 0. The molecule has 1 saturated heterocycles. The molecule has 10 nitrogen and oxygen atoms in total. The van der Waals surface area contributed by atoms with Gasteiger partial charge in [0.05, 0.1) is 17.9 Å². The van der Waals surface area contributed by atoms with E-state index in [-0.39, 0.29) is 12.0 Å². The minimum absolute atomic E-state index is 0.270. The van der Waals surface area contributed by atoms with E-state index in [2.05, 4.69) is 0 Å². The Morgan fingerprint density at radius 2 is 1.72 bits per heavy atom. The molecule has 3 rings (SSSR count). The van der Waals surface area contributed by atoms with Crippen LogP contribution in [0.3, 0.4) is 0 Å². The monoisotopic (exact) mass is 506 g/mol. The average Bonchev–Trinajstić information content (AvgIpc) is 2.99. The molecule has 0 aromatic heterocycles. The molecule has 0 radical (unpaired) electrons. The van der Waals surface area contributed by atoms with Crippen LogP contribution < -0.4 is 0 Å². The van der Waals surface area contributed by atoms with E-state index in [4.69, 9.17) is 18.9 Å². The fraction of sp³-hybridized carbons (Fsp3) is 0.615. The molecule has 198 valence electrons. The first-order valence-corrected chi connectivity index (χ1v) is 11.9. The van der Waals surface area contributed by atoms with Crippen LogP contribution in [-0.2, 0) is 38.1 Å². The fourth-order valence-electron chi connectivity index (χ4n) is 5.72. The van der Waals surface area contributed by atoms with E-state index in [0.29, 0.717) is 5.57 Å². The van der Waals surface area contributed by atoms with Crippen LogP contribution in [0.1, 0.15) is 48.0 Å². The standard InChI is InChI=1S/C26H34O10/c1-13-7-9-19(33-15(3)28)25(6)20(34-16(4)29)10-8-18(12-27)11-21-26(32,14(2)24(31)36-21)23(22(13)25)35-17(5)30/h7-8,10-11,14,19-23,27,32H,9,12H2,1-6H3/b10-8+,18-11-/t14-,19-,20-,21-,22+,23-,25+,26+/m0/s1. The fourth-order valence-corrected chi connectivity index (χ4v) is 5.72. The maximum absolute atomic E-state index is 12.7. The normalized spacial score (nSPS) is 40.3. The summed E-state index contributed by atoms with van der Waals surface area (Å²) in [4.78, 5) is 49.4. The molecule has 0 aromatic carbocycles. The maximum Gasteiger partial charge on any atom is 0.312 e. The molecule has 8 atom stereocenters. The molecule has 3 aliphatic rings. The van der Waals surface area contributed by atoms with Crippen LogP contribution in [0.15, 0.2) is 35.5 Å². The van der Waals surface area contributed by atoms with Crippen molar-refractivity contribution < 1.29 is 48.3 Å². The number of hydrogen-bond donors (Lipinski definition) is 2. The minimum Gasteiger partial charge on any atom is -0.461 e. The molecule has 1 heterocycles. The van der Waals surface area contributed by atoms with Gasteiger partial charge in [0, 0.05) is 33.1 Å². The summed E-state index contributed by atoms with van der Waals surface area (Å²) >= 11 is 0. The van der Waals surface area contributed by atoms with Crippen LogP contribution in [0.4, 0.5) is 0 Å². The molecule has 0 spiro atoms. The van der Waals surface area contributed by atoms with E-state index in [0.717, 1.165) is 0 Å². The second-order valence-electron chi connectivity index (χ2n) is 9.91. The summed E-state index contributed by atoms with van der Waals surface area (Å²) in [5, 5.41) is 22.2. The van der Waals surface area contributed by atoms with E-state index in [1.165, 1.54) is 39.8 Å². The van der Waals surface area contributed by atoms with Gasteiger partial charge < -0.3 is 29.2 Å². The van der Waals surface area contributed by atoms with E-state index in [1.54, 1.807) is 19.9 Å². The van der Waals surface area contributed by atoms with Crippen molar-refractivity contribution in [2.24, 2.45) is 17.3 Å². The van der Waals surface area contributed by atoms with Crippen LogP contribution in [0.2, 0.25) is 0 Å². The molecule has 0 aromatic rings. The number of aliphatic hydroxyl groups excluding tert-OH is 1. The van der Waals surface area contributed by atoms with Gasteiger partial charge in [-0.2, -0.15) is 0 Å². The molecule has 36 heavy (non-hydrogen) atoms. The van der Waals surface area contributed by atoms with Gasteiger partial charge in [-0.15, -0.1) is 0 Å². The van der Waals surface area contributed by atoms with Crippen LogP contribution in [0, 0.1) is 17.3 Å². The lowest BCUT2D eigenvalue weighted by molar-refractivity contribution is -0.211. The largest absolute Gasteiger partial charge is 0.461 e. The highest BCUT2D eigenvalue weighted by atomic mass is 16.6. The second kappa shape index (κ2) is 10.2. The predicted molar refractivity (Wildman–Crippen MR) is 125 cm³/mol. The highest BCUT2D eigenvalue weighted by molar-refractivity contribution is 5.78. The molecular weight excluding hydrogens is 472 g/mol. The molecule has 2 aliphatic carbocycles. The Kier molecular flexibility index (Phi) is 7.80. The third kappa shape index (κ3) is 4.71. The molecule has 1 aliphatic heterocycles. The Morgan fingerprint density at radius 3 is 2.28 bits per heavy atom. The first kappa shape index (κ1) is 27.6. The molecule has 0 saturated carbocycles. The van der Waals surface area contributed by atoms with Crippen molar-refractivity contribution in [3.8, 4) is 0 Å². The smallest absolute Gasteiger partial charge is 0.312 e. The van der Waals surface area contributed by atoms with Gasteiger partial charge in [0.15, 0.2) is 11.7 Å². The van der Waals surface area contributed by atoms with Gasteiger partial charge in [0.2, 0.25) is 0 Å². The number of rotatable bonds is 4. The number of aliphatic hydroxyl groups is 2. The number of esters is 4. The average molecular weight is 507 g/mol. The Bertz CT molecular complexity index is 1030. The van der Waals surface area contributed by atoms with Crippen molar-refractivity contribution in [2.75, 3.05) is 6.61 Å². The number of fused-ring (bicyclic) bond motifs is 2. The summed E-state index contributed by atoms with van der Waals surface area (Å²) in [5.41, 5.74) is -2.37. The molecular formula is C26H34O10. The number of hydrogen-bond acceptors (Lipinski definition) is 10. The highest BCUT2D eigenvalue weighted by Crippen LogP contribution is 2.54. The number of carbonyl (C=O) groups excluding carboxylic acids is 4. The lowest BCUT2D eigenvalue weighted by Crippen LogP contribution is -2.65. The molecule has 0 bridgehead atoms. The number of carbonyl (C=O) groups is 4. The summed E-state index contributed by atoms with van der Waals surface area (Å²) < 4.78 is 22.7. The van der Waals surface area contributed by atoms with E-state index < -0.39 is 77.8 Å². The van der Waals surface area contributed by atoms with Gasteiger partial charge in [-0.25, -0.2) is 0 Å². The Hall–Kier alpha value is -2.98. The zero-order chi connectivity index (χ0) is 27.0. The van der Waals surface area contributed by atoms with Gasteiger partial charge in [-0.05, 0) is 31.6 Å². The topological polar surface area (TPSA) is 146 Å². The molecule has 0 amide bonds. The van der Waals surface area contributed by atoms with Gasteiger partial charge >= 0.3 is 23.9 Å². The van der Waals surface area contributed by atoms with Crippen molar-refractivity contribution in [3.63, 3.8) is 0 Å². The summed E-state index contributed by atoms with van der Waals surface area (Å²) in [6.07, 6.45) is 2.03. The highest BCUT2D eigenvalue weighted by Gasteiger charge is 2.66. The van der Waals surface area contributed by atoms with Crippen LogP contribution in [0.25, 0.3) is 0 Å². The Balaban J connectivity index is 2.40. The zero-order valence-electron chi connectivity index (χ0n) is 21.3. The zero-order valence-corrected chi connectivity index (χ0v) is 21.3. The Labute approximate surface area is 209 Å². The van der Waals surface area contributed by atoms with Gasteiger partial charge in [0.25, 0.3) is 0 Å². The van der Waals surface area contributed by atoms with E-state index in [1.807, 2.05) is 6.08 Å². The minimum atomic E-state index is -2.06. The van der Waals surface area contributed by atoms with E-state index in [9.17, 15) is 29.4 Å². The summed E-state index contributed by atoms with van der Waals surface area (Å²) in [6, 6.07) is 0. The van der Waals surface area contributed by atoms with Crippen molar-refractivity contribution in [2.45, 2.75) is 78.0 Å². The lowest BCUT2D eigenvalue weighted by atomic mass is 9.56. The summed E-state index contributed by atoms with van der Waals surface area (Å²) in [5.74, 6) is -4.60. The van der Waals surface area contributed by atoms with Crippen LogP contribution in [-0.4, -0.2) is 70.7 Å². The molecule has 2 N–H and O–H groups in total. The quantitative estimate of drug-likeness (QED) is 0.327. The van der Waals surface area contributed by atoms with Crippen molar-refractivity contribution in [1.29, 1.82) is 0 Å². The SMILES string of the molecule is CC(=O)O[C@H]1/C=C/C(CO)=C/[C@@H]2OC(=O)[C@H](C)[C@]2(O)[C@@H](OC(C)=O)[C@H]2C(C)=CC[C@H](OC(C)=O)[C@]12C. The van der Waals surface area contributed by atoms with Gasteiger partial charge in [-0.1, -0.05) is 24.6 Å². The van der Waals surface area contributed by atoms with Gasteiger partial charge in [-0.3, -0.25) is 19.2 Å². The van der Waals surface area contributed by atoms with Crippen molar-refractivity contribution in [3.05, 3.63) is 35.5 Å². The van der Waals surface area contributed by atoms with Crippen LogP contribution in [0.5, 0.6) is 0 Å². The maximum atomic E-state index is 12.7. The van der Waals surface area contributed by atoms with Crippen molar-refractivity contribution >= 4 is 23.9 Å². The Morgan fingerprint density at radius 1 is 1.11 bits per heavy atom. The molecule has 1 fully saturated rings. The molecule has 0 unspecified atom stereocenters. The van der Waals surface area contributed by atoms with Crippen molar-refractivity contribution in [1.82, 2.24) is 0 Å². The third-order valence-corrected chi connectivity index (χ3v) is 7.55. The van der Waals surface area contributed by atoms with E-state index >= 15 is 0 Å². The summed E-state index contributed by atoms with van der Waals surface area (Å²) in [6.45, 7) is 8.16. The second-order valence-corrected chi connectivity index (χ2v) is 9.91.